The van der Waals surface area contributed by atoms with Crippen LogP contribution in [0.3, 0.4) is 0 Å². The second-order valence-electron chi connectivity index (χ2n) is 5.37. The van der Waals surface area contributed by atoms with E-state index in [9.17, 15) is 4.79 Å². The molecule has 4 heteroatoms. The number of nitrogens with zero attached hydrogens (tertiary/aromatic N) is 1. The van der Waals surface area contributed by atoms with Crippen LogP contribution in [0.15, 0.2) is 18.2 Å². The Labute approximate surface area is 120 Å². The Balaban J connectivity index is 2.32. The van der Waals surface area contributed by atoms with Gasteiger partial charge in [-0.3, -0.25) is 0 Å². The fourth-order valence-electron chi connectivity index (χ4n) is 2.95. The molecule has 0 saturated carbocycles. The van der Waals surface area contributed by atoms with Crippen molar-refractivity contribution < 1.29 is 9.53 Å². The SMILES string of the molecule is CCC1CCCCCN1c1ccc(N)c(C(=O)OC)c1. The van der Waals surface area contributed by atoms with Gasteiger partial charge in [-0.2, -0.15) is 0 Å². The maximum absolute atomic E-state index is 11.8. The smallest absolute Gasteiger partial charge is 0.340 e. The molecule has 1 aromatic rings. The van der Waals surface area contributed by atoms with Crippen molar-refractivity contribution in [1.29, 1.82) is 0 Å². The minimum Gasteiger partial charge on any atom is -0.465 e. The minimum atomic E-state index is -0.368. The predicted molar refractivity (Wildman–Crippen MR) is 82.1 cm³/mol. The fourth-order valence-corrected chi connectivity index (χ4v) is 2.95. The Morgan fingerprint density at radius 3 is 2.90 bits per heavy atom. The highest BCUT2D eigenvalue weighted by atomic mass is 16.5. The lowest BCUT2D eigenvalue weighted by atomic mass is 10.1. The van der Waals surface area contributed by atoms with E-state index in [1.54, 1.807) is 6.07 Å². The number of hydrogen-bond donors (Lipinski definition) is 1. The highest BCUT2D eigenvalue weighted by Crippen LogP contribution is 2.28. The zero-order valence-corrected chi connectivity index (χ0v) is 12.4. The average molecular weight is 276 g/mol. The van der Waals surface area contributed by atoms with Crippen LogP contribution in [0, 0.1) is 0 Å². The van der Waals surface area contributed by atoms with E-state index < -0.39 is 0 Å². The van der Waals surface area contributed by atoms with Crippen LogP contribution >= 0.6 is 0 Å². The van der Waals surface area contributed by atoms with Gasteiger partial charge in [-0.15, -0.1) is 0 Å². The molecule has 0 spiro atoms. The summed E-state index contributed by atoms with van der Waals surface area (Å²) in [6.07, 6.45) is 6.11. The monoisotopic (exact) mass is 276 g/mol. The summed E-state index contributed by atoms with van der Waals surface area (Å²) in [5.41, 5.74) is 7.89. The van der Waals surface area contributed by atoms with Gasteiger partial charge in [0.1, 0.15) is 0 Å². The normalized spacial score (nSPS) is 19.5. The summed E-state index contributed by atoms with van der Waals surface area (Å²) >= 11 is 0. The molecular weight excluding hydrogens is 252 g/mol. The molecule has 1 unspecified atom stereocenters. The van der Waals surface area contributed by atoms with Crippen molar-refractivity contribution in [2.24, 2.45) is 0 Å². The maximum Gasteiger partial charge on any atom is 0.340 e. The molecule has 1 atom stereocenters. The van der Waals surface area contributed by atoms with Crippen LogP contribution in [0.4, 0.5) is 11.4 Å². The summed E-state index contributed by atoms with van der Waals surface area (Å²) in [5, 5.41) is 0. The lowest BCUT2D eigenvalue weighted by Gasteiger charge is -2.32. The van der Waals surface area contributed by atoms with E-state index in [-0.39, 0.29) is 5.97 Å². The lowest BCUT2D eigenvalue weighted by molar-refractivity contribution is 0.0602. The molecule has 2 N–H and O–H groups in total. The summed E-state index contributed by atoms with van der Waals surface area (Å²) in [5.74, 6) is -0.368. The Kier molecular flexibility index (Phi) is 4.88. The van der Waals surface area contributed by atoms with Crippen LogP contribution < -0.4 is 10.6 Å². The van der Waals surface area contributed by atoms with E-state index >= 15 is 0 Å². The molecule has 0 radical (unpaired) electrons. The first kappa shape index (κ1) is 14.7. The van der Waals surface area contributed by atoms with Crippen LogP contribution in [-0.4, -0.2) is 25.7 Å². The van der Waals surface area contributed by atoms with Crippen molar-refractivity contribution in [2.45, 2.75) is 45.1 Å². The number of carbonyl (C=O) groups excluding carboxylic acids is 1. The van der Waals surface area contributed by atoms with E-state index in [2.05, 4.69) is 11.8 Å². The van der Waals surface area contributed by atoms with Crippen LogP contribution in [0.1, 0.15) is 49.4 Å². The first-order valence-electron chi connectivity index (χ1n) is 7.41. The summed E-state index contributed by atoms with van der Waals surface area (Å²) in [6, 6.07) is 6.23. The number of nitrogen functional groups attached to an aromatic ring is 1. The van der Waals surface area contributed by atoms with Crippen LogP contribution in [-0.2, 0) is 4.74 Å². The van der Waals surface area contributed by atoms with E-state index in [4.69, 9.17) is 10.5 Å². The number of carbonyl (C=O) groups is 1. The zero-order chi connectivity index (χ0) is 14.5. The summed E-state index contributed by atoms with van der Waals surface area (Å²) < 4.78 is 4.80. The Hall–Kier alpha value is -1.71. The van der Waals surface area contributed by atoms with Crippen LogP contribution in [0.25, 0.3) is 0 Å². The molecule has 4 nitrogen and oxygen atoms in total. The molecule has 0 bridgehead atoms. The minimum absolute atomic E-state index is 0.368. The summed E-state index contributed by atoms with van der Waals surface area (Å²) in [6.45, 7) is 3.27. The van der Waals surface area contributed by atoms with E-state index in [1.807, 2.05) is 12.1 Å². The third kappa shape index (κ3) is 3.06. The third-order valence-electron chi connectivity index (χ3n) is 4.12. The molecular formula is C16H24N2O2. The van der Waals surface area contributed by atoms with Gasteiger partial charge in [0.2, 0.25) is 0 Å². The second kappa shape index (κ2) is 6.64. The number of esters is 1. The van der Waals surface area contributed by atoms with Crippen molar-refractivity contribution in [2.75, 3.05) is 24.3 Å². The highest BCUT2D eigenvalue weighted by molar-refractivity contribution is 5.96. The predicted octanol–water partition coefficient (Wildman–Crippen LogP) is 3.21. The third-order valence-corrected chi connectivity index (χ3v) is 4.12. The molecule has 1 aliphatic heterocycles. The lowest BCUT2D eigenvalue weighted by Crippen LogP contribution is -2.34. The first-order chi connectivity index (χ1) is 9.67. The van der Waals surface area contributed by atoms with Crippen molar-refractivity contribution >= 4 is 17.3 Å². The van der Waals surface area contributed by atoms with Gasteiger partial charge in [-0.05, 0) is 37.5 Å². The van der Waals surface area contributed by atoms with E-state index in [0.29, 0.717) is 17.3 Å². The van der Waals surface area contributed by atoms with Gasteiger partial charge < -0.3 is 15.4 Å². The molecule has 1 saturated heterocycles. The number of nitrogens with two attached hydrogens (primary N) is 1. The van der Waals surface area contributed by atoms with Gasteiger partial charge in [0.05, 0.1) is 12.7 Å². The number of hydrogen-bond acceptors (Lipinski definition) is 4. The average Bonchev–Trinajstić information content (AvgIpc) is 2.72. The number of rotatable bonds is 3. The molecule has 0 aliphatic carbocycles. The maximum atomic E-state index is 11.8. The molecule has 2 rings (SSSR count). The van der Waals surface area contributed by atoms with Gasteiger partial charge in [0.15, 0.2) is 0 Å². The topological polar surface area (TPSA) is 55.6 Å². The standard InChI is InChI=1S/C16H24N2O2/c1-3-12-7-5-4-6-10-18(12)13-8-9-15(17)14(11-13)16(19)20-2/h8-9,11-12H,3-7,10,17H2,1-2H3. The molecule has 20 heavy (non-hydrogen) atoms. The van der Waals surface area contributed by atoms with E-state index in [1.165, 1.54) is 32.8 Å². The molecule has 110 valence electrons. The van der Waals surface area contributed by atoms with Gasteiger partial charge in [-0.1, -0.05) is 19.8 Å². The molecule has 1 aromatic carbocycles. The molecule has 1 aliphatic rings. The van der Waals surface area contributed by atoms with Crippen LogP contribution in [0.2, 0.25) is 0 Å². The first-order valence-corrected chi connectivity index (χ1v) is 7.41. The van der Waals surface area contributed by atoms with Gasteiger partial charge >= 0.3 is 5.97 Å². The van der Waals surface area contributed by atoms with Crippen LogP contribution in [0.5, 0.6) is 0 Å². The molecule has 0 aromatic heterocycles. The van der Waals surface area contributed by atoms with Crippen molar-refractivity contribution in [1.82, 2.24) is 0 Å². The molecule has 1 heterocycles. The van der Waals surface area contributed by atoms with Crippen molar-refractivity contribution in [3.8, 4) is 0 Å². The van der Waals surface area contributed by atoms with Crippen molar-refractivity contribution in [3.63, 3.8) is 0 Å². The molecule has 1 fully saturated rings. The Bertz CT molecular complexity index is 474. The van der Waals surface area contributed by atoms with Gasteiger partial charge in [0, 0.05) is 24.0 Å². The number of benzene rings is 1. The Morgan fingerprint density at radius 1 is 1.40 bits per heavy atom. The quantitative estimate of drug-likeness (QED) is 0.680. The van der Waals surface area contributed by atoms with E-state index in [0.717, 1.165) is 18.7 Å². The van der Waals surface area contributed by atoms with Crippen molar-refractivity contribution in [3.05, 3.63) is 23.8 Å². The number of methoxy groups -OCH3 is 1. The second-order valence-corrected chi connectivity index (χ2v) is 5.37. The fraction of sp³-hybridized carbons (Fsp3) is 0.562. The summed E-state index contributed by atoms with van der Waals surface area (Å²) in [7, 11) is 1.38. The summed E-state index contributed by atoms with van der Waals surface area (Å²) in [4.78, 5) is 14.2. The molecule has 0 amide bonds. The zero-order valence-electron chi connectivity index (χ0n) is 12.4. The highest BCUT2D eigenvalue weighted by Gasteiger charge is 2.21. The number of ether oxygens (including phenoxy) is 1. The Morgan fingerprint density at radius 2 is 2.20 bits per heavy atom. The van der Waals surface area contributed by atoms with Gasteiger partial charge in [0.25, 0.3) is 0 Å². The van der Waals surface area contributed by atoms with Gasteiger partial charge in [-0.25, -0.2) is 4.79 Å². The largest absolute Gasteiger partial charge is 0.465 e. The number of anilines is 2.